The second kappa shape index (κ2) is 14.3. The summed E-state index contributed by atoms with van der Waals surface area (Å²) in [6.45, 7) is 14.7. The Morgan fingerprint density at radius 3 is 1.96 bits per heavy atom. The molecule has 0 aliphatic rings. The van der Waals surface area contributed by atoms with E-state index in [2.05, 4.69) is 30.3 Å². The summed E-state index contributed by atoms with van der Waals surface area (Å²) in [5, 5.41) is 6.59. The van der Waals surface area contributed by atoms with Crippen LogP contribution in [0.1, 0.15) is 19.8 Å². The lowest BCUT2D eigenvalue weighted by Gasteiger charge is -2.35. The second-order valence-electron chi connectivity index (χ2n) is 6.45. The number of nitrogens with one attached hydrogen (secondary N) is 2. The second-order valence-corrected chi connectivity index (χ2v) is 13.4. The van der Waals surface area contributed by atoms with E-state index < -0.39 is 17.1 Å². The van der Waals surface area contributed by atoms with Crippen LogP contribution in [0.4, 0.5) is 0 Å². The van der Waals surface area contributed by atoms with Gasteiger partial charge >= 0.3 is 17.1 Å². The van der Waals surface area contributed by atoms with E-state index in [0.717, 1.165) is 45.1 Å². The summed E-state index contributed by atoms with van der Waals surface area (Å²) >= 11 is 0. The van der Waals surface area contributed by atoms with Gasteiger partial charge < -0.3 is 35.1 Å². The zero-order valence-corrected chi connectivity index (χ0v) is 18.2. The molecular weight excluding hydrogens is 340 g/mol. The monoisotopic (exact) mass is 380 g/mol. The molecule has 1 unspecified atom stereocenters. The van der Waals surface area contributed by atoms with Gasteiger partial charge in [-0.15, -0.1) is 0 Å². The molecule has 0 aliphatic carbocycles. The quantitative estimate of drug-likeness (QED) is 0.218. The van der Waals surface area contributed by atoms with Gasteiger partial charge in [0.2, 0.25) is 0 Å². The summed E-state index contributed by atoms with van der Waals surface area (Å²) in [7, 11) is -4.37. The lowest BCUT2D eigenvalue weighted by molar-refractivity contribution is 0.195. The van der Waals surface area contributed by atoms with Crippen LogP contribution in [0.3, 0.4) is 0 Å². The maximum atomic E-state index is 6.44. The van der Waals surface area contributed by atoms with Crippen molar-refractivity contribution < 1.29 is 13.0 Å². The maximum Gasteiger partial charge on any atom is 0.326 e. The molecule has 146 valence electrons. The molecule has 0 spiro atoms. The van der Waals surface area contributed by atoms with Gasteiger partial charge in [0, 0.05) is 39.4 Å². The van der Waals surface area contributed by atoms with Gasteiger partial charge in [0.25, 0.3) is 0 Å². The van der Waals surface area contributed by atoms with Crippen molar-refractivity contribution >= 4 is 17.1 Å². The van der Waals surface area contributed by atoms with Crippen LogP contribution >= 0.6 is 0 Å². The normalized spacial score (nSPS) is 14.8. The van der Waals surface area contributed by atoms with Crippen molar-refractivity contribution in [3.63, 3.8) is 0 Å². The van der Waals surface area contributed by atoms with Gasteiger partial charge in [-0.25, -0.2) is 0 Å². The molecule has 0 saturated carbocycles. The topological polar surface area (TPSA) is 104 Å². The summed E-state index contributed by atoms with van der Waals surface area (Å²) in [5.41, 5.74) is 10.9. The molecule has 7 nitrogen and oxygen atoms in total. The van der Waals surface area contributed by atoms with Crippen LogP contribution in [0, 0.1) is 0 Å². The van der Waals surface area contributed by atoms with E-state index in [1.807, 2.05) is 6.92 Å². The van der Waals surface area contributed by atoms with E-state index in [4.69, 9.17) is 24.4 Å². The van der Waals surface area contributed by atoms with Gasteiger partial charge in [0.15, 0.2) is 0 Å². The third-order valence-electron chi connectivity index (χ3n) is 3.49. The van der Waals surface area contributed by atoms with E-state index >= 15 is 0 Å². The van der Waals surface area contributed by atoms with Gasteiger partial charge in [0.05, 0.1) is 0 Å². The van der Waals surface area contributed by atoms with Crippen LogP contribution in [-0.4, -0.2) is 69.6 Å². The summed E-state index contributed by atoms with van der Waals surface area (Å²) < 4.78 is 18.5. The lowest BCUT2D eigenvalue weighted by Crippen LogP contribution is -2.50. The molecule has 0 aliphatic heterocycles. The van der Waals surface area contributed by atoms with E-state index in [1.54, 1.807) is 0 Å². The first-order chi connectivity index (χ1) is 11.4. The smallest absolute Gasteiger partial charge is 0.326 e. The molecule has 6 N–H and O–H groups in total. The molecule has 0 radical (unpaired) electrons. The Morgan fingerprint density at radius 2 is 1.42 bits per heavy atom. The van der Waals surface area contributed by atoms with Gasteiger partial charge in [-0.1, -0.05) is 0 Å². The van der Waals surface area contributed by atoms with Crippen molar-refractivity contribution in [1.82, 2.24) is 10.6 Å². The van der Waals surface area contributed by atoms with Crippen LogP contribution in [0.15, 0.2) is 0 Å². The predicted molar refractivity (Wildman–Crippen MR) is 106 cm³/mol. The highest BCUT2D eigenvalue weighted by Crippen LogP contribution is 2.22. The molecule has 0 aromatic rings. The van der Waals surface area contributed by atoms with Crippen LogP contribution in [0.25, 0.3) is 0 Å². The van der Waals surface area contributed by atoms with Crippen molar-refractivity contribution in [1.29, 1.82) is 0 Å². The molecule has 0 heterocycles. The molecule has 0 saturated heterocycles. The third kappa shape index (κ3) is 13.4. The molecule has 0 amide bonds. The highest BCUT2D eigenvalue weighted by molar-refractivity contribution is 6.79. The van der Waals surface area contributed by atoms with E-state index in [1.165, 1.54) is 0 Å². The largest absolute Gasteiger partial charge is 0.415 e. The number of rotatable bonds is 17. The van der Waals surface area contributed by atoms with Gasteiger partial charge in [0.1, 0.15) is 0 Å². The molecule has 0 aromatic carbocycles. The molecular formula is C15H40N4O3Si2. The zero-order chi connectivity index (χ0) is 18.3. The lowest BCUT2D eigenvalue weighted by atomic mass is 10.4. The highest BCUT2D eigenvalue weighted by Gasteiger charge is 2.39. The van der Waals surface area contributed by atoms with E-state index in [0.29, 0.717) is 26.3 Å². The van der Waals surface area contributed by atoms with Crippen molar-refractivity contribution in [2.45, 2.75) is 45.5 Å². The molecule has 0 aromatic heterocycles. The SMILES string of the molecule is CCO[Si](C)(CCCNCCN)O[Si](C)(C)OCCCNCCN. The first-order valence-corrected chi connectivity index (χ1v) is 14.5. The van der Waals surface area contributed by atoms with E-state index in [-0.39, 0.29) is 0 Å². The third-order valence-corrected chi connectivity index (χ3v) is 10.2. The van der Waals surface area contributed by atoms with Crippen LogP contribution < -0.4 is 22.1 Å². The fourth-order valence-electron chi connectivity index (χ4n) is 2.51. The molecule has 0 rings (SSSR count). The average molecular weight is 381 g/mol. The summed E-state index contributed by atoms with van der Waals surface area (Å²) in [5.74, 6) is 0. The van der Waals surface area contributed by atoms with Crippen molar-refractivity contribution in [3.8, 4) is 0 Å². The van der Waals surface area contributed by atoms with Gasteiger partial charge in [-0.05, 0) is 58.5 Å². The molecule has 1 atom stereocenters. The summed E-state index contributed by atoms with van der Waals surface area (Å²) in [4.78, 5) is 0. The van der Waals surface area contributed by atoms with Gasteiger partial charge in [-0.2, -0.15) is 0 Å². The van der Waals surface area contributed by atoms with Crippen LogP contribution in [-0.2, 0) is 13.0 Å². The summed E-state index contributed by atoms with van der Waals surface area (Å²) in [6, 6.07) is 0.969. The standard InChI is InChI=1S/C15H40N4O3Si2/c1-5-20-24(4,15-7-11-19-13-9-17)22-23(2,3)21-14-6-10-18-12-8-16/h18-19H,5-17H2,1-4H3. The predicted octanol–water partition coefficient (Wildman–Crippen LogP) is 0.707. The Kier molecular flexibility index (Phi) is 14.4. The maximum absolute atomic E-state index is 6.44. The number of hydrogen-bond donors (Lipinski definition) is 4. The first kappa shape index (κ1) is 24.2. The fourth-order valence-corrected chi connectivity index (χ4v) is 9.76. The summed E-state index contributed by atoms with van der Waals surface area (Å²) in [6.07, 6.45) is 2.01. The van der Waals surface area contributed by atoms with Crippen molar-refractivity contribution in [2.75, 3.05) is 52.5 Å². The minimum absolute atomic E-state index is 0.669. The van der Waals surface area contributed by atoms with Crippen LogP contribution in [0.2, 0.25) is 25.7 Å². The Morgan fingerprint density at radius 1 is 0.833 bits per heavy atom. The van der Waals surface area contributed by atoms with Crippen molar-refractivity contribution in [3.05, 3.63) is 0 Å². The number of nitrogens with two attached hydrogens (primary N) is 2. The Balaban J connectivity index is 4.18. The fraction of sp³-hybridized carbons (Fsp3) is 1.00. The molecule has 24 heavy (non-hydrogen) atoms. The average Bonchev–Trinajstić information content (AvgIpc) is 2.50. The Labute approximate surface area is 150 Å². The Hall–Kier alpha value is 0.154. The molecule has 0 fully saturated rings. The molecule has 9 heteroatoms. The van der Waals surface area contributed by atoms with E-state index in [9.17, 15) is 0 Å². The zero-order valence-electron chi connectivity index (χ0n) is 16.2. The minimum atomic E-state index is -2.19. The van der Waals surface area contributed by atoms with Gasteiger partial charge in [-0.3, -0.25) is 0 Å². The Bertz CT molecular complexity index is 302. The first-order valence-electron chi connectivity index (χ1n) is 9.19. The van der Waals surface area contributed by atoms with Crippen LogP contribution in [0.5, 0.6) is 0 Å². The van der Waals surface area contributed by atoms with Crippen molar-refractivity contribution in [2.24, 2.45) is 11.5 Å². The highest BCUT2D eigenvalue weighted by atomic mass is 28.5. The minimum Gasteiger partial charge on any atom is -0.415 e. The molecule has 0 bridgehead atoms. The number of hydrogen-bond acceptors (Lipinski definition) is 7.